The molecule has 1 amide bonds. The summed E-state index contributed by atoms with van der Waals surface area (Å²) in [5, 5.41) is 0.232. The van der Waals surface area contributed by atoms with Gasteiger partial charge in [-0.05, 0) is 39.8 Å². The Morgan fingerprint density at radius 2 is 1.82 bits per heavy atom. The molecule has 120 valence electrons. The fourth-order valence-corrected chi connectivity index (χ4v) is 2.66. The SMILES string of the molecule is Cc1ccc(S(=O)(=O)N(C#CCBr)C(=O)OC(C)(C)C)cc1. The first-order valence-electron chi connectivity index (χ1n) is 6.47. The topological polar surface area (TPSA) is 63.7 Å². The van der Waals surface area contributed by atoms with Gasteiger partial charge in [-0.25, -0.2) is 4.79 Å². The summed E-state index contributed by atoms with van der Waals surface area (Å²) in [4.78, 5) is 12.1. The molecule has 22 heavy (non-hydrogen) atoms. The number of carbonyl (C=O) groups is 1. The van der Waals surface area contributed by atoms with Crippen LogP contribution in [0.1, 0.15) is 26.3 Å². The van der Waals surface area contributed by atoms with Gasteiger partial charge in [0.2, 0.25) is 0 Å². The van der Waals surface area contributed by atoms with Crippen molar-refractivity contribution < 1.29 is 17.9 Å². The number of benzene rings is 1. The Morgan fingerprint density at radius 1 is 1.27 bits per heavy atom. The van der Waals surface area contributed by atoms with E-state index in [0.717, 1.165) is 5.56 Å². The first kappa shape index (κ1) is 18.5. The summed E-state index contributed by atoms with van der Waals surface area (Å²) in [6.45, 7) is 6.80. The Kier molecular flexibility index (Phi) is 6.03. The van der Waals surface area contributed by atoms with E-state index in [-0.39, 0.29) is 10.2 Å². The molecular weight excluding hydrogens is 370 g/mol. The van der Waals surface area contributed by atoms with Crippen LogP contribution in [0, 0.1) is 18.9 Å². The van der Waals surface area contributed by atoms with Crippen LogP contribution in [0.5, 0.6) is 0 Å². The number of carbonyl (C=O) groups excluding carboxylic acids is 1. The molecule has 0 aliphatic rings. The van der Waals surface area contributed by atoms with E-state index < -0.39 is 21.7 Å². The number of rotatable bonds is 2. The molecule has 0 atom stereocenters. The molecule has 0 saturated carbocycles. The van der Waals surface area contributed by atoms with Gasteiger partial charge >= 0.3 is 6.09 Å². The average Bonchev–Trinajstić information content (AvgIpc) is 2.37. The maximum absolute atomic E-state index is 12.6. The van der Waals surface area contributed by atoms with Gasteiger partial charge in [0, 0.05) is 6.04 Å². The lowest BCUT2D eigenvalue weighted by Gasteiger charge is -2.23. The van der Waals surface area contributed by atoms with Crippen molar-refractivity contribution in [3.05, 3.63) is 29.8 Å². The van der Waals surface area contributed by atoms with Crippen LogP contribution in [0.3, 0.4) is 0 Å². The Morgan fingerprint density at radius 3 is 2.27 bits per heavy atom. The van der Waals surface area contributed by atoms with Crippen LogP contribution < -0.4 is 0 Å². The number of amides is 1. The van der Waals surface area contributed by atoms with Crippen molar-refractivity contribution in [2.75, 3.05) is 5.33 Å². The molecule has 1 rings (SSSR count). The second-order valence-electron chi connectivity index (χ2n) is 5.49. The molecule has 0 heterocycles. The average molecular weight is 388 g/mol. The van der Waals surface area contributed by atoms with Crippen molar-refractivity contribution in [3.8, 4) is 12.0 Å². The molecule has 0 aliphatic heterocycles. The van der Waals surface area contributed by atoms with Crippen molar-refractivity contribution in [1.29, 1.82) is 0 Å². The zero-order valence-corrected chi connectivity index (χ0v) is 15.3. The van der Waals surface area contributed by atoms with Gasteiger partial charge in [-0.3, -0.25) is 0 Å². The summed E-state index contributed by atoms with van der Waals surface area (Å²) in [5.74, 6) is 2.51. The van der Waals surface area contributed by atoms with Crippen LogP contribution in [0.2, 0.25) is 0 Å². The van der Waals surface area contributed by atoms with E-state index in [1.165, 1.54) is 12.1 Å². The number of nitrogens with zero attached hydrogens (tertiary/aromatic N) is 1. The third kappa shape index (κ3) is 5.04. The van der Waals surface area contributed by atoms with E-state index in [9.17, 15) is 13.2 Å². The smallest absolute Gasteiger partial charge is 0.436 e. The van der Waals surface area contributed by atoms with E-state index in [1.54, 1.807) is 32.9 Å². The fourth-order valence-electron chi connectivity index (χ4n) is 1.42. The van der Waals surface area contributed by atoms with Crippen LogP contribution in [-0.2, 0) is 14.8 Å². The Balaban J connectivity index is 3.26. The Labute approximate surface area is 139 Å². The van der Waals surface area contributed by atoms with E-state index in [0.29, 0.717) is 4.31 Å². The normalized spacial score (nSPS) is 11.3. The van der Waals surface area contributed by atoms with Crippen molar-refractivity contribution in [2.45, 2.75) is 38.2 Å². The standard InChI is InChI=1S/C15H18BrNO4S/c1-12-6-8-13(9-7-12)22(19,20)17(11-5-10-16)14(18)21-15(2,3)4/h6-9H,10H2,1-4H3. The maximum atomic E-state index is 12.6. The van der Waals surface area contributed by atoms with Gasteiger partial charge < -0.3 is 4.74 Å². The molecule has 0 saturated heterocycles. The monoisotopic (exact) mass is 387 g/mol. The largest absolute Gasteiger partial charge is 0.442 e. The van der Waals surface area contributed by atoms with Crippen LogP contribution in [0.15, 0.2) is 29.2 Å². The van der Waals surface area contributed by atoms with Crippen LogP contribution in [-0.4, -0.2) is 29.7 Å². The number of halogens is 1. The van der Waals surface area contributed by atoms with E-state index in [1.807, 2.05) is 6.92 Å². The molecule has 0 aromatic heterocycles. The first-order chi connectivity index (χ1) is 10.1. The number of alkyl halides is 1. The molecule has 0 radical (unpaired) electrons. The molecular formula is C15H18BrNO4S. The second kappa shape index (κ2) is 7.16. The number of aryl methyl sites for hydroxylation is 1. The summed E-state index contributed by atoms with van der Waals surface area (Å²) in [6.07, 6.45) is -1.03. The number of hydrogen-bond donors (Lipinski definition) is 0. The molecule has 1 aromatic rings. The lowest BCUT2D eigenvalue weighted by molar-refractivity contribution is 0.0453. The minimum Gasteiger partial charge on any atom is -0.442 e. The van der Waals surface area contributed by atoms with Crippen molar-refractivity contribution in [3.63, 3.8) is 0 Å². The maximum Gasteiger partial charge on any atom is 0.436 e. The van der Waals surface area contributed by atoms with Gasteiger partial charge in [-0.15, -0.1) is 4.31 Å². The summed E-state index contributed by atoms with van der Waals surface area (Å²) in [5.41, 5.74) is 0.0862. The molecule has 0 bridgehead atoms. The lowest BCUT2D eigenvalue weighted by atomic mass is 10.2. The van der Waals surface area contributed by atoms with Gasteiger partial charge in [0.1, 0.15) is 5.60 Å². The fraction of sp³-hybridized carbons (Fsp3) is 0.400. The van der Waals surface area contributed by atoms with E-state index in [2.05, 4.69) is 27.9 Å². The highest BCUT2D eigenvalue weighted by molar-refractivity contribution is 9.09. The number of ether oxygens (including phenoxy) is 1. The van der Waals surface area contributed by atoms with Gasteiger partial charge in [0.15, 0.2) is 0 Å². The number of hydrogen-bond acceptors (Lipinski definition) is 4. The molecule has 0 unspecified atom stereocenters. The minimum atomic E-state index is -4.10. The van der Waals surface area contributed by atoms with Gasteiger partial charge in [-0.2, -0.15) is 8.42 Å². The summed E-state index contributed by atoms with van der Waals surface area (Å²) >= 11 is 3.07. The first-order valence-corrected chi connectivity index (χ1v) is 9.03. The summed E-state index contributed by atoms with van der Waals surface area (Å²) in [6, 6.07) is 8.48. The third-order valence-electron chi connectivity index (χ3n) is 2.37. The molecule has 5 nitrogen and oxygen atoms in total. The van der Waals surface area contributed by atoms with Crippen LogP contribution in [0.25, 0.3) is 0 Å². The van der Waals surface area contributed by atoms with Crippen LogP contribution in [0.4, 0.5) is 4.79 Å². The molecule has 0 fully saturated rings. The predicted molar refractivity (Wildman–Crippen MR) is 88.0 cm³/mol. The van der Waals surface area contributed by atoms with Crippen molar-refractivity contribution in [1.82, 2.24) is 4.31 Å². The van der Waals surface area contributed by atoms with Crippen molar-refractivity contribution in [2.24, 2.45) is 0 Å². The lowest BCUT2D eigenvalue weighted by Crippen LogP contribution is -2.37. The van der Waals surface area contributed by atoms with Gasteiger partial charge in [0.05, 0.1) is 10.2 Å². The third-order valence-corrected chi connectivity index (χ3v) is 4.24. The molecule has 0 spiro atoms. The van der Waals surface area contributed by atoms with Crippen molar-refractivity contribution >= 4 is 32.0 Å². The number of sulfonamides is 1. The highest BCUT2D eigenvalue weighted by Crippen LogP contribution is 2.19. The molecule has 0 aliphatic carbocycles. The second-order valence-corrected chi connectivity index (χ2v) is 7.83. The Bertz CT molecular complexity index is 694. The summed E-state index contributed by atoms with van der Waals surface area (Å²) in [7, 11) is -4.10. The zero-order chi connectivity index (χ0) is 17.0. The minimum absolute atomic E-state index is 0.0205. The van der Waals surface area contributed by atoms with Gasteiger partial charge in [0.25, 0.3) is 10.0 Å². The molecule has 7 heteroatoms. The molecule has 0 N–H and O–H groups in total. The van der Waals surface area contributed by atoms with Gasteiger partial charge in [-0.1, -0.05) is 39.5 Å². The highest BCUT2D eigenvalue weighted by atomic mass is 79.9. The highest BCUT2D eigenvalue weighted by Gasteiger charge is 2.32. The quantitative estimate of drug-likeness (QED) is 0.443. The summed E-state index contributed by atoms with van der Waals surface area (Å²) < 4.78 is 30.7. The predicted octanol–water partition coefficient (Wildman–Crippen LogP) is 3.28. The van der Waals surface area contributed by atoms with Crippen LogP contribution >= 0.6 is 15.9 Å². The zero-order valence-electron chi connectivity index (χ0n) is 12.9. The van der Waals surface area contributed by atoms with E-state index >= 15 is 0 Å². The molecule has 1 aromatic carbocycles. The Hall–Kier alpha value is -1.52. The van der Waals surface area contributed by atoms with E-state index in [4.69, 9.17) is 4.74 Å².